The Kier molecular flexibility index (Phi) is 15.0. The lowest BCUT2D eigenvalue weighted by Gasteiger charge is -2.40. The number of hydrogen-bond donors (Lipinski definition) is 3. The van der Waals surface area contributed by atoms with Gasteiger partial charge in [-0.1, -0.05) is 36.8 Å². The molecule has 0 bridgehead atoms. The lowest BCUT2D eigenvalue weighted by Crippen LogP contribution is -2.59. The first-order valence-electron chi connectivity index (χ1n) is 16.6. The van der Waals surface area contributed by atoms with Gasteiger partial charge in [-0.15, -0.1) is 0 Å². The second-order valence-electron chi connectivity index (χ2n) is 15.1. The van der Waals surface area contributed by atoms with Crippen molar-refractivity contribution in [3.05, 3.63) is 35.9 Å². The van der Waals surface area contributed by atoms with Crippen LogP contribution in [0.5, 0.6) is 0 Å². The number of nitrogens with zero attached hydrogens (tertiary/aromatic N) is 1. The summed E-state index contributed by atoms with van der Waals surface area (Å²) in [5.41, 5.74) is -1.26. The normalized spacial score (nSPS) is 17.4. The molecule has 1 aromatic rings. The van der Waals surface area contributed by atoms with Crippen molar-refractivity contribution >= 4 is 30.2 Å². The maximum atomic E-state index is 14.1. The van der Waals surface area contributed by atoms with Crippen molar-refractivity contribution in [3.8, 4) is 0 Å². The molecule has 1 saturated heterocycles. The quantitative estimate of drug-likeness (QED) is 0.149. The van der Waals surface area contributed by atoms with Crippen LogP contribution in [-0.4, -0.2) is 83.6 Å². The summed E-state index contributed by atoms with van der Waals surface area (Å²) in [5, 5.41) is 8.36. The molecule has 2 rings (SSSR count). The van der Waals surface area contributed by atoms with Gasteiger partial charge in [0.15, 0.2) is 0 Å². The maximum Gasteiger partial charge on any atom is 0.407 e. The van der Waals surface area contributed by atoms with Crippen LogP contribution in [0.2, 0.25) is 0 Å². The maximum absolute atomic E-state index is 14.1. The largest absolute Gasteiger partial charge is 0.461 e. The van der Waals surface area contributed by atoms with Crippen LogP contribution < -0.4 is 16.0 Å². The minimum Gasteiger partial charge on any atom is -0.461 e. The van der Waals surface area contributed by atoms with Gasteiger partial charge in [0.1, 0.15) is 23.4 Å². The number of likely N-dealkylation sites (tertiary alicyclic amines) is 1. The molecular formula is C35H56N4O9. The Morgan fingerprint density at radius 1 is 0.750 bits per heavy atom. The van der Waals surface area contributed by atoms with Gasteiger partial charge >= 0.3 is 24.2 Å². The molecule has 0 aromatic heterocycles. The molecule has 4 amide bonds. The number of hydrogen-bond acceptors (Lipinski definition) is 9. The smallest absolute Gasteiger partial charge is 0.407 e. The van der Waals surface area contributed by atoms with Gasteiger partial charge in [0.25, 0.3) is 0 Å². The Hall–Kier alpha value is -4.03. The average molecular weight is 677 g/mol. The summed E-state index contributed by atoms with van der Waals surface area (Å²) in [6.45, 7) is 16.6. The van der Waals surface area contributed by atoms with Gasteiger partial charge in [-0.2, -0.15) is 0 Å². The summed E-state index contributed by atoms with van der Waals surface area (Å²) in [4.78, 5) is 66.0. The highest BCUT2D eigenvalue weighted by atomic mass is 16.6. The number of ether oxygens (including phenoxy) is 4. The van der Waals surface area contributed by atoms with E-state index in [1.54, 1.807) is 67.2 Å². The van der Waals surface area contributed by atoms with Crippen LogP contribution in [-0.2, 0) is 35.1 Å². The van der Waals surface area contributed by atoms with Crippen LogP contribution in [0.15, 0.2) is 30.3 Å². The van der Waals surface area contributed by atoms with Crippen molar-refractivity contribution in [3.63, 3.8) is 0 Å². The third-order valence-electron chi connectivity index (χ3n) is 6.86. The van der Waals surface area contributed by atoms with Gasteiger partial charge in [0, 0.05) is 25.6 Å². The summed E-state index contributed by atoms with van der Waals surface area (Å²) >= 11 is 0. The molecular weight excluding hydrogens is 620 g/mol. The van der Waals surface area contributed by atoms with E-state index in [-0.39, 0.29) is 32.0 Å². The predicted octanol–water partition coefficient (Wildman–Crippen LogP) is 5.45. The van der Waals surface area contributed by atoms with Crippen molar-refractivity contribution in [2.45, 2.75) is 130 Å². The van der Waals surface area contributed by atoms with Crippen molar-refractivity contribution in [1.82, 2.24) is 20.9 Å². The van der Waals surface area contributed by atoms with E-state index in [1.807, 2.05) is 30.3 Å². The molecule has 0 saturated carbocycles. The Morgan fingerprint density at radius 2 is 1.25 bits per heavy atom. The number of alkyl carbamates (subject to hydrolysis) is 3. The Bertz CT molecular complexity index is 1180. The highest BCUT2D eigenvalue weighted by Crippen LogP contribution is 2.22. The van der Waals surface area contributed by atoms with Gasteiger partial charge in [0.05, 0.1) is 18.5 Å². The first-order chi connectivity index (χ1) is 22.2. The molecule has 3 atom stereocenters. The predicted molar refractivity (Wildman–Crippen MR) is 180 cm³/mol. The van der Waals surface area contributed by atoms with Gasteiger partial charge in [-0.05, 0) is 87.1 Å². The summed E-state index contributed by atoms with van der Waals surface area (Å²) in [6, 6.07) is 8.17. The molecule has 0 unspecified atom stereocenters. The van der Waals surface area contributed by atoms with E-state index in [0.29, 0.717) is 32.2 Å². The fraction of sp³-hybridized carbons (Fsp3) is 0.686. The lowest BCUT2D eigenvalue weighted by atomic mass is 9.93. The van der Waals surface area contributed by atoms with E-state index in [2.05, 4.69) is 16.0 Å². The first-order valence-corrected chi connectivity index (χ1v) is 16.6. The minimum atomic E-state index is -0.739. The van der Waals surface area contributed by atoms with E-state index in [0.717, 1.165) is 5.56 Å². The van der Waals surface area contributed by atoms with Crippen molar-refractivity contribution < 1.29 is 42.9 Å². The Morgan fingerprint density at radius 3 is 1.75 bits per heavy atom. The Balaban J connectivity index is 2.18. The second kappa shape index (κ2) is 17.9. The summed E-state index contributed by atoms with van der Waals surface area (Å²) in [6.07, 6.45) is -0.204. The van der Waals surface area contributed by atoms with Crippen molar-refractivity contribution in [2.24, 2.45) is 5.92 Å². The molecule has 1 fully saturated rings. The van der Waals surface area contributed by atoms with E-state index < -0.39 is 59.1 Å². The number of rotatable bonds is 12. The monoisotopic (exact) mass is 676 g/mol. The molecule has 13 heteroatoms. The third kappa shape index (κ3) is 17.2. The van der Waals surface area contributed by atoms with Gasteiger partial charge < -0.3 is 39.8 Å². The van der Waals surface area contributed by atoms with Crippen molar-refractivity contribution in [1.29, 1.82) is 0 Å². The van der Waals surface area contributed by atoms with E-state index in [9.17, 15) is 24.0 Å². The molecule has 270 valence electrons. The highest BCUT2D eigenvalue weighted by molar-refractivity contribution is 5.84. The summed E-state index contributed by atoms with van der Waals surface area (Å²) in [5.74, 6) is -1.57. The molecule has 3 N–H and O–H groups in total. The van der Waals surface area contributed by atoms with Gasteiger partial charge in [-0.3, -0.25) is 9.59 Å². The zero-order chi connectivity index (χ0) is 36.1. The van der Waals surface area contributed by atoms with E-state index in [1.165, 1.54) is 0 Å². The number of esters is 1. The number of amides is 4. The fourth-order valence-electron chi connectivity index (χ4n) is 5.03. The first kappa shape index (κ1) is 40.1. The van der Waals surface area contributed by atoms with Crippen LogP contribution in [0.1, 0.15) is 100.0 Å². The van der Waals surface area contributed by atoms with Crippen LogP contribution in [0.3, 0.4) is 0 Å². The number of nitrogens with one attached hydrogen (secondary N) is 3. The summed E-state index contributed by atoms with van der Waals surface area (Å²) in [7, 11) is 0. The zero-order valence-corrected chi connectivity index (χ0v) is 30.1. The lowest BCUT2D eigenvalue weighted by molar-refractivity contribution is -0.150. The molecule has 0 spiro atoms. The van der Waals surface area contributed by atoms with E-state index in [4.69, 9.17) is 18.9 Å². The molecule has 48 heavy (non-hydrogen) atoms. The molecule has 0 aliphatic carbocycles. The van der Waals surface area contributed by atoms with Crippen LogP contribution in [0.25, 0.3) is 0 Å². The van der Waals surface area contributed by atoms with Crippen molar-refractivity contribution in [2.75, 3.05) is 19.6 Å². The average Bonchev–Trinajstić information content (AvgIpc) is 2.92. The number of carbonyl (C=O) groups excluding carboxylic acids is 5. The second-order valence-corrected chi connectivity index (χ2v) is 15.1. The highest BCUT2D eigenvalue weighted by Gasteiger charge is 2.36. The number of piperidine rings is 1. The Labute approximate surface area is 285 Å². The summed E-state index contributed by atoms with van der Waals surface area (Å²) < 4.78 is 21.7. The molecule has 1 aliphatic heterocycles. The van der Waals surface area contributed by atoms with Crippen LogP contribution >= 0.6 is 0 Å². The zero-order valence-electron chi connectivity index (χ0n) is 30.1. The van der Waals surface area contributed by atoms with Gasteiger partial charge in [0.2, 0.25) is 5.91 Å². The minimum absolute atomic E-state index is 0.0773. The molecule has 1 aromatic carbocycles. The molecule has 1 heterocycles. The van der Waals surface area contributed by atoms with Crippen LogP contribution in [0, 0.1) is 5.92 Å². The van der Waals surface area contributed by atoms with E-state index >= 15 is 0 Å². The standard InChI is InChI=1S/C35H56N4O9/c1-33(2,3)46-30(42)36-18-14-13-17-25(19-28(40)45-23-24-15-11-10-12-16-24)29(41)39-21-26(37-31(43)47-34(4,5)6)20-27(22-39)38-32(44)48-35(7,8)9/h10-12,15-16,25-27H,13-14,17-23H2,1-9H3,(H,36,42)(H,37,43)(H,38,44)/t25-,26-,27+/m1/s1. The molecule has 1 aliphatic rings. The van der Waals surface area contributed by atoms with Gasteiger partial charge in [-0.25, -0.2) is 14.4 Å². The van der Waals surface area contributed by atoms with Crippen LogP contribution in [0.4, 0.5) is 14.4 Å². The molecule has 13 nitrogen and oxygen atoms in total. The molecule has 0 radical (unpaired) electrons. The fourth-order valence-corrected chi connectivity index (χ4v) is 5.03. The number of carbonyl (C=O) groups is 5. The number of benzene rings is 1. The topological polar surface area (TPSA) is 162 Å². The number of unbranched alkanes of at least 4 members (excludes halogenated alkanes) is 1. The third-order valence-corrected chi connectivity index (χ3v) is 6.86. The SMILES string of the molecule is CC(C)(C)OC(=O)NCCCC[C@H](CC(=O)OCc1ccccc1)C(=O)N1C[C@H](NC(=O)OC(C)(C)C)C[C@H](NC(=O)OC(C)(C)C)C1.